The number of nitrogens with two attached hydrogens (primary N) is 1. The van der Waals surface area contributed by atoms with Crippen LogP contribution in [0.3, 0.4) is 0 Å². The van der Waals surface area contributed by atoms with Gasteiger partial charge in [-0.05, 0) is 31.7 Å². The number of amides is 1. The molecule has 1 aromatic carbocycles. The molecule has 4 nitrogen and oxygen atoms in total. The van der Waals surface area contributed by atoms with Gasteiger partial charge in [0.25, 0.3) is 0 Å². The van der Waals surface area contributed by atoms with Gasteiger partial charge in [0.1, 0.15) is 5.75 Å². The molecule has 1 atom stereocenters. The Hall–Kier alpha value is -1.55. The molecule has 0 unspecified atom stereocenters. The van der Waals surface area contributed by atoms with Crippen LogP contribution in [0, 0.1) is 5.92 Å². The summed E-state index contributed by atoms with van der Waals surface area (Å²) in [5, 5.41) is 2.80. The van der Waals surface area contributed by atoms with E-state index in [9.17, 15) is 4.79 Å². The van der Waals surface area contributed by atoms with E-state index in [1.807, 2.05) is 24.3 Å². The minimum Gasteiger partial charge on any atom is -0.493 e. The van der Waals surface area contributed by atoms with E-state index < -0.39 is 6.04 Å². The number of para-hydroxylation sites is 1. The van der Waals surface area contributed by atoms with Gasteiger partial charge in [-0.25, -0.2) is 0 Å². The summed E-state index contributed by atoms with van der Waals surface area (Å²) in [6, 6.07) is 7.31. The van der Waals surface area contributed by atoms with Crippen LogP contribution in [0.2, 0.25) is 0 Å². The molecule has 0 aliphatic heterocycles. The third kappa shape index (κ3) is 3.74. The van der Waals surface area contributed by atoms with Crippen molar-refractivity contribution in [2.75, 3.05) is 6.61 Å². The van der Waals surface area contributed by atoms with Crippen molar-refractivity contribution in [2.45, 2.75) is 32.4 Å². The second-order valence-corrected chi connectivity index (χ2v) is 4.87. The second-order valence-electron chi connectivity index (χ2n) is 4.87. The first-order valence-corrected chi connectivity index (χ1v) is 6.41. The van der Waals surface area contributed by atoms with Crippen LogP contribution in [0.1, 0.15) is 25.3 Å². The lowest BCUT2D eigenvalue weighted by Crippen LogP contribution is -2.37. The lowest BCUT2D eigenvalue weighted by atomic mass is 10.2. The molecule has 0 heterocycles. The van der Waals surface area contributed by atoms with Crippen LogP contribution in [-0.4, -0.2) is 18.6 Å². The molecule has 1 saturated carbocycles. The predicted octanol–water partition coefficient (Wildman–Crippen LogP) is 1.44. The van der Waals surface area contributed by atoms with E-state index in [1.54, 1.807) is 6.92 Å². The van der Waals surface area contributed by atoms with Crippen molar-refractivity contribution in [3.63, 3.8) is 0 Å². The number of hydrogen-bond donors (Lipinski definition) is 2. The highest BCUT2D eigenvalue weighted by molar-refractivity contribution is 5.80. The van der Waals surface area contributed by atoms with Crippen LogP contribution in [0.25, 0.3) is 0 Å². The lowest BCUT2D eigenvalue weighted by Gasteiger charge is -2.12. The Morgan fingerprint density at radius 1 is 1.50 bits per heavy atom. The molecular formula is C14H20N2O2. The largest absolute Gasteiger partial charge is 0.493 e. The van der Waals surface area contributed by atoms with Gasteiger partial charge in [0.05, 0.1) is 12.6 Å². The lowest BCUT2D eigenvalue weighted by molar-refractivity contribution is -0.122. The minimum atomic E-state index is -0.482. The van der Waals surface area contributed by atoms with Crippen molar-refractivity contribution in [1.29, 1.82) is 0 Å². The summed E-state index contributed by atoms with van der Waals surface area (Å²) < 4.78 is 5.77. The molecule has 0 aromatic heterocycles. The van der Waals surface area contributed by atoms with Gasteiger partial charge in [0.2, 0.25) is 5.91 Å². The zero-order valence-electron chi connectivity index (χ0n) is 10.7. The first-order valence-electron chi connectivity index (χ1n) is 6.41. The number of nitrogens with one attached hydrogen (secondary N) is 1. The summed E-state index contributed by atoms with van der Waals surface area (Å²) in [5.74, 6) is 1.43. The molecular weight excluding hydrogens is 228 g/mol. The quantitative estimate of drug-likeness (QED) is 0.800. The minimum absolute atomic E-state index is 0.146. The van der Waals surface area contributed by atoms with Crippen molar-refractivity contribution >= 4 is 5.91 Å². The summed E-state index contributed by atoms with van der Waals surface area (Å²) in [5.41, 5.74) is 6.49. The van der Waals surface area contributed by atoms with E-state index >= 15 is 0 Å². The van der Waals surface area contributed by atoms with Crippen molar-refractivity contribution < 1.29 is 9.53 Å². The van der Waals surface area contributed by atoms with E-state index in [0.29, 0.717) is 6.54 Å². The van der Waals surface area contributed by atoms with Gasteiger partial charge in [-0.15, -0.1) is 0 Å². The standard InChI is InChI=1S/C14H20N2O2/c1-10(15)14(17)16-8-12-4-2-3-5-13(12)18-9-11-6-7-11/h2-5,10-11H,6-9,15H2,1H3,(H,16,17)/t10-/m1/s1. The first kappa shape index (κ1) is 12.9. The Balaban J connectivity index is 1.91. The zero-order valence-corrected chi connectivity index (χ0v) is 10.7. The molecule has 0 bridgehead atoms. The molecule has 4 heteroatoms. The Morgan fingerprint density at radius 2 is 2.22 bits per heavy atom. The second kappa shape index (κ2) is 5.87. The topological polar surface area (TPSA) is 64.4 Å². The Morgan fingerprint density at radius 3 is 2.89 bits per heavy atom. The molecule has 0 radical (unpaired) electrons. The van der Waals surface area contributed by atoms with E-state index in [0.717, 1.165) is 23.8 Å². The van der Waals surface area contributed by atoms with Crippen LogP contribution < -0.4 is 15.8 Å². The van der Waals surface area contributed by atoms with Crippen molar-refractivity contribution in [1.82, 2.24) is 5.32 Å². The molecule has 98 valence electrons. The van der Waals surface area contributed by atoms with Gasteiger partial charge in [-0.2, -0.15) is 0 Å². The maximum Gasteiger partial charge on any atom is 0.236 e. The number of benzene rings is 1. The molecule has 2 rings (SSSR count). The van der Waals surface area contributed by atoms with E-state index in [1.165, 1.54) is 12.8 Å². The normalized spacial score (nSPS) is 16.1. The molecule has 1 fully saturated rings. The maximum absolute atomic E-state index is 11.4. The Kier molecular flexibility index (Phi) is 4.20. The molecule has 1 amide bonds. The number of hydrogen-bond acceptors (Lipinski definition) is 3. The van der Waals surface area contributed by atoms with Crippen molar-refractivity contribution in [2.24, 2.45) is 11.7 Å². The number of carbonyl (C=O) groups excluding carboxylic acids is 1. The zero-order chi connectivity index (χ0) is 13.0. The molecule has 18 heavy (non-hydrogen) atoms. The highest BCUT2D eigenvalue weighted by Crippen LogP contribution is 2.30. The fraction of sp³-hybridized carbons (Fsp3) is 0.500. The number of rotatable bonds is 6. The SMILES string of the molecule is C[C@@H](N)C(=O)NCc1ccccc1OCC1CC1. The van der Waals surface area contributed by atoms with Crippen LogP contribution >= 0.6 is 0 Å². The van der Waals surface area contributed by atoms with Gasteiger partial charge in [0.15, 0.2) is 0 Å². The molecule has 3 N–H and O–H groups in total. The highest BCUT2D eigenvalue weighted by atomic mass is 16.5. The summed E-state index contributed by atoms with van der Waals surface area (Å²) in [6.45, 7) is 2.91. The summed E-state index contributed by atoms with van der Waals surface area (Å²) >= 11 is 0. The molecule has 0 spiro atoms. The molecule has 1 aliphatic carbocycles. The molecule has 1 aliphatic rings. The third-order valence-corrected chi connectivity index (χ3v) is 3.01. The number of ether oxygens (including phenoxy) is 1. The van der Waals surface area contributed by atoms with E-state index in [4.69, 9.17) is 10.5 Å². The average Bonchev–Trinajstić information content (AvgIpc) is 3.18. The molecule has 1 aromatic rings. The Bertz CT molecular complexity index is 414. The van der Waals surface area contributed by atoms with Gasteiger partial charge < -0.3 is 15.8 Å². The van der Waals surface area contributed by atoms with Gasteiger partial charge >= 0.3 is 0 Å². The van der Waals surface area contributed by atoms with E-state index in [2.05, 4.69) is 5.32 Å². The van der Waals surface area contributed by atoms with Crippen molar-refractivity contribution in [3.05, 3.63) is 29.8 Å². The van der Waals surface area contributed by atoms with Crippen LogP contribution in [0.4, 0.5) is 0 Å². The van der Waals surface area contributed by atoms with Crippen LogP contribution in [0.15, 0.2) is 24.3 Å². The van der Waals surface area contributed by atoms with Gasteiger partial charge in [0, 0.05) is 12.1 Å². The fourth-order valence-corrected chi connectivity index (χ4v) is 1.63. The summed E-state index contributed by atoms with van der Waals surface area (Å²) in [4.78, 5) is 11.4. The van der Waals surface area contributed by atoms with Gasteiger partial charge in [-0.1, -0.05) is 18.2 Å². The van der Waals surface area contributed by atoms with Crippen molar-refractivity contribution in [3.8, 4) is 5.75 Å². The predicted molar refractivity (Wildman–Crippen MR) is 70.2 cm³/mol. The highest BCUT2D eigenvalue weighted by Gasteiger charge is 2.22. The fourth-order valence-electron chi connectivity index (χ4n) is 1.63. The van der Waals surface area contributed by atoms with Gasteiger partial charge in [-0.3, -0.25) is 4.79 Å². The summed E-state index contributed by atoms with van der Waals surface area (Å²) in [6.07, 6.45) is 2.53. The third-order valence-electron chi connectivity index (χ3n) is 3.01. The Labute approximate surface area is 108 Å². The van der Waals surface area contributed by atoms with E-state index in [-0.39, 0.29) is 5.91 Å². The van der Waals surface area contributed by atoms with Crippen LogP contribution in [-0.2, 0) is 11.3 Å². The monoisotopic (exact) mass is 248 g/mol. The molecule has 0 saturated heterocycles. The average molecular weight is 248 g/mol. The first-order chi connectivity index (χ1) is 8.66. The smallest absolute Gasteiger partial charge is 0.236 e. The summed E-state index contributed by atoms with van der Waals surface area (Å²) in [7, 11) is 0. The van der Waals surface area contributed by atoms with Crippen LogP contribution in [0.5, 0.6) is 5.75 Å². The number of carbonyl (C=O) groups is 1. The maximum atomic E-state index is 11.4.